The molecule has 0 amide bonds. The molecule has 1 aliphatic carbocycles. The van der Waals surface area contributed by atoms with Crippen LogP contribution in [0.15, 0.2) is 45.6 Å². The summed E-state index contributed by atoms with van der Waals surface area (Å²) in [7, 11) is 0. The number of aromatic nitrogens is 2. The van der Waals surface area contributed by atoms with E-state index in [-0.39, 0.29) is 6.04 Å². The van der Waals surface area contributed by atoms with Gasteiger partial charge in [0.1, 0.15) is 0 Å². The summed E-state index contributed by atoms with van der Waals surface area (Å²) in [5, 5.41) is 11.1. The van der Waals surface area contributed by atoms with E-state index in [4.69, 9.17) is 4.52 Å². The minimum atomic E-state index is -4.34. The largest absolute Gasteiger partial charge is 0.416 e. The van der Waals surface area contributed by atoms with Gasteiger partial charge < -0.3 is 9.84 Å². The van der Waals surface area contributed by atoms with Crippen LogP contribution < -0.4 is 5.32 Å². The Morgan fingerprint density at radius 2 is 2.12 bits per heavy atom. The fraction of sp³-hybridized carbons (Fsp3) is 0.333. The van der Waals surface area contributed by atoms with Crippen molar-refractivity contribution in [3.63, 3.8) is 0 Å². The number of benzene rings is 1. The number of halogens is 3. The second-order valence-electron chi connectivity index (χ2n) is 6.34. The van der Waals surface area contributed by atoms with E-state index in [1.165, 1.54) is 12.1 Å². The summed E-state index contributed by atoms with van der Waals surface area (Å²) in [6, 6.07) is 7.25. The zero-order chi connectivity index (χ0) is 18.1. The Kier molecular flexibility index (Phi) is 4.54. The van der Waals surface area contributed by atoms with Crippen LogP contribution in [0.2, 0.25) is 0 Å². The highest BCUT2D eigenvalue weighted by atomic mass is 32.1. The second kappa shape index (κ2) is 6.85. The third-order valence-corrected chi connectivity index (χ3v) is 5.07. The first-order chi connectivity index (χ1) is 12.5. The van der Waals surface area contributed by atoms with Crippen LogP contribution in [0.4, 0.5) is 13.2 Å². The van der Waals surface area contributed by atoms with Crippen molar-refractivity contribution < 1.29 is 17.7 Å². The molecule has 136 valence electrons. The van der Waals surface area contributed by atoms with Crippen LogP contribution in [-0.4, -0.2) is 10.1 Å². The lowest BCUT2D eigenvalue weighted by Crippen LogP contribution is -2.23. The van der Waals surface area contributed by atoms with Crippen LogP contribution in [0, 0.1) is 5.92 Å². The van der Waals surface area contributed by atoms with E-state index >= 15 is 0 Å². The molecule has 0 bridgehead atoms. The molecule has 2 aromatic heterocycles. The van der Waals surface area contributed by atoms with Crippen LogP contribution in [0.3, 0.4) is 0 Å². The van der Waals surface area contributed by atoms with Gasteiger partial charge in [-0.15, -0.1) is 0 Å². The van der Waals surface area contributed by atoms with Crippen molar-refractivity contribution >= 4 is 11.3 Å². The molecule has 0 aliphatic heterocycles. The molecule has 2 heterocycles. The Bertz CT molecular complexity index is 872. The van der Waals surface area contributed by atoms with Crippen LogP contribution in [0.5, 0.6) is 0 Å². The number of thiophene rings is 1. The summed E-state index contributed by atoms with van der Waals surface area (Å²) in [5.41, 5.74) is 0.904. The highest BCUT2D eigenvalue weighted by Crippen LogP contribution is 2.42. The van der Waals surface area contributed by atoms with Crippen molar-refractivity contribution in [3.8, 4) is 11.4 Å². The maximum Gasteiger partial charge on any atom is 0.416 e. The number of hydrogen-bond donors (Lipinski definition) is 1. The zero-order valence-corrected chi connectivity index (χ0v) is 14.5. The summed E-state index contributed by atoms with van der Waals surface area (Å²) in [5.74, 6) is 1.27. The number of alkyl halides is 3. The van der Waals surface area contributed by atoms with E-state index in [9.17, 15) is 13.2 Å². The van der Waals surface area contributed by atoms with Crippen LogP contribution in [0.1, 0.15) is 35.9 Å². The van der Waals surface area contributed by atoms with Crippen molar-refractivity contribution in [1.82, 2.24) is 15.5 Å². The van der Waals surface area contributed by atoms with E-state index < -0.39 is 11.7 Å². The number of hydrogen-bond acceptors (Lipinski definition) is 5. The molecule has 0 saturated heterocycles. The Morgan fingerprint density at radius 3 is 2.81 bits per heavy atom. The molecule has 1 N–H and O–H groups in total. The van der Waals surface area contributed by atoms with E-state index in [0.29, 0.717) is 29.7 Å². The lowest BCUT2D eigenvalue weighted by atomic mass is 10.00. The molecule has 3 aromatic rings. The highest BCUT2D eigenvalue weighted by molar-refractivity contribution is 7.08. The lowest BCUT2D eigenvalue weighted by Gasteiger charge is -2.19. The summed E-state index contributed by atoms with van der Waals surface area (Å²) >= 11 is 1.55. The van der Waals surface area contributed by atoms with Crippen LogP contribution in [-0.2, 0) is 12.7 Å². The first-order valence-corrected chi connectivity index (χ1v) is 9.21. The van der Waals surface area contributed by atoms with Gasteiger partial charge in [0.15, 0.2) is 0 Å². The molecule has 4 rings (SSSR count). The highest BCUT2D eigenvalue weighted by Gasteiger charge is 2.35. The molecule has 1 fully saturated rings. The standard InChI is InChI=1S/C18H16F3N3OS/c19-18(20,21)14-3-1-2-12(8-14)16(11-4-5-11)22-9-15-23-17(24-25-15)13-6-7-26-10-13/h1-3,6-8,10-11,16,22H,4-5,9H2/t16-/m0/s1. The minimum absolute atomic E-state index is 0.159. The Morgan fingerprint density at radius 1 is 1.27 bits per heavy atom. The van der Waals surface area contributed by atoms with Gasteiger partial charge in [-0.05, 0) is 47.9 Å². The molecule has 0 spiro atoms. The van der Waals surface area contributed by atoms with Gasteiger partial charge in [-0.2, -0.15) is 29.5 Å². The van der Waals surface area contributed by atoms with Gasteiger partial charge in [0.25, 0.3) is 0 Å². The molecule has 1 aliphatic rings. The van der Waals surface area contributed by atoms with E-state index in [1.54, 1.807) is 17.4 Å². The fourth-order valence-electron chi connectivity index (χ4n) is 2.93. The average molecular weight is 379 g/mol. The topological polar surface area (TPSA) is 51.0 Å². The van der Waals surface area contributed by atoms with Crippen molar-refractivity contribution in [2.24, 2.45) is 5.92 Å². The molecule has 0 radical (unpaired) electrons. The molecule has 26 heavy (non-hydrogen) atoms. The van der Waals surface area contributed by atoms with Crippen molar-refractivity contribution in [2.75, 3.05) is 0 Å². The normalized spacial score (nSPS) is 16.0. The van der Waals surface area contributed by atoms with Crippen LogP contribution in [0.25, 0.3) is 11.4 Å². The first-order valence-electron chi connectivity index (χ1n) is 8.26. The van der Waals surface area contributed by atoms with Gasteiger partial charge in [-0.1, -0.05) is 17.3 Å². The molecule has 0 unspecified atom stereocenters. The van der Waals surface area contributed by atoms with E-state index in [1.807, 2.05) is 16.8 Å². The molecule has 1 aromatic carbocycles. The third kappa shape index (κ3) is 3.81. The predicted octanol–water partition coefficient (Wildman–Crippen LogP) is 5.06. The van der Waals surface area contributed by atoms with Crippen LogP contribution >= 0.6 is 11.3 Å². The van der Waals surface area contributed by atoms with Gasteiger partial charge in [0.05, 0.1) is 12.1 Å². The summed E-state index contributed by atoms with van der Waals surface area (Å²) in [6.07, 6.45) is -2.35. The third-order valence-electron chi connectivity index (χ3n) is 4.39. The van der Waals surface area contributed by atoms with Crippen molar-refractivity contribution in [3.05, 3.63) is 58.1 Å². The predicted molar refractivity (Wildman–Crippen MR) is 91.4 cm³/mol. The summed E-state index contributed by atoms with van der Waals surface area (Å²) < 4.78 is 44.2. The maximum atomic E-state index is 13.0. The van der Waals surface area contributed by atoms with Gasteiger partial charge in [0.2, 0.25) is 11.7 Å². The number of nitrogens with zero attached hydrogens (tertiary/aromatic N) is 2. The van der Waals surface area contributed by atoms with Gasteiger partial charge >= 0.3 is 6.18 Å². The van der Waals surface area contributed by atoms with Gasteiger partial charge in [0, 0.05) is 17.0 Å². The SMILES string of the molecule is FC(F)(F)c1cccc([C@@H](NCc2nc(-c3ccsc3)no2)C2CC2)c1. The average Bonchev–Trinajstić information content (AvgIpc) is 3.11. The van der Waals surface area contributed by atoms with Crippen molar-refractivity contribution in [1.29, 1.82) is 0 Å². The van der Waals surface area contributed by atoms with E-state index in [2.05, 4.69) is 15.5 Å². The molecular formula is C18H16F3N3OS. The molecule has 8 heteroatoms. The zero-order valence-electron chi connectivity index (χ0n) is 13.7. The summed E-state index contributed by atoms with van der Waals surface area (Å²) in [6.45, 7) is 0.314. The smallest absolute Gasteiger partial charge is 0.338 e. The van der Waals surface area contributed by atoms with E-state index in [0.717, 1.165) is 24.5 Å². The Hall–Kier alpha value is -2.19. The van der Waals surface area contributed by atoms with Gasteiger partial charge in [-0.3, -0.25) is 0 Å². The first kappa shape index (κ1) is 17.2. The Balaban J connectivity index is 1.48. The molecule has 1 saturated carbocycles. The molecular weight excluding hydrogens is 363 g/mol. The quantitative estimate of drug-likeness (QED) is 0.651. The van der Waals surface area contributed by atoms with Gasteiger partial charge in [-0.25, -0.2) is 0 Å². The minimum Gasteiger partial charge on any atom is -0.338 e. The second-order valence-corrected chi connectivity index (χ2v) is 7.12. The monoisotopic (exact) mass is 379 g/mol. The number of rotatable bonds is 6. The lowest BCUT2D eigenvalue weighted by molar-refractivity contribution is -0.137. The Labute approximate surface area is 152 Å². The molecule has 4 nitrogen and oxygen atoms in total. The fourth-order valence-corrected chi connectivity index (χ4v) is 3.56. The number of nitrogens with one attached hydrogen (secondary N) is 1. The molecule has 1 atom stereocenters. The summed E-state index contributed by atoms with van der Waals surface area (Å²) in [4.78, 5) is 4.34. The maximum absolute atomic E-state index is 13.0. The van der Waals surface area contributed by atoms with Crippen molar-refractivity contribution in [2.45, 2.75) is 31.6 Å².